The molecule has 0 spiro atoms. The minimum absolute atomic E-state index is 0.521. The number of hydrazine groups is 1. The SMILES string of the molecule is O=[N+]([O-])N[CH2][Na]. The summed E-state index contributed by atoms with van der Waals surface area (Å²) in [5, 5.41) is 8.78. The molecule has 0 unspecified atom stereocenters. The van der Waals surface area contributed by atoms with Crippen molar-refractivity contribution in [2.24, 2.45) is 0 Å². The quantitative estimate of drug-likeness (QED) is 0.271. The Morgan fingerprint density at radius 2 is 2.50 bits per heavy atom. The van der Waals surface area contributed by atoms with Crippen molar-refractivity contribution in [3.05, 3.63) is 10.1 Å². The first kappa shape index (κ1) is 6.20. The predicted octanol–water partition coefficient (Wildman–Crippen LogP) is -1.11. The van der Waals surface area contributed by atoms with Gasteiger partial charge >= 0.3 is 52.3 Å². The van der Waals surface area contributed by atoms with Crippen LogP contribution in [0.5, 0.6) is 0 Å². The van der Waals surface area contributed by atoms with E-state index in [1.165, 1.54) is 0 Å². The Morgan fingerprint density at radius 3 is 2.50 bits per heavy atom. The standard InChI is InChI=1S/CH3N2O2.Na/c1-2-3(4)5;/h2H,1H2;. The maximum atomic E-state index is 9.32. The Kier molecular flexibility index (Phi) is 3.51. The Morgan fingerprint density at radius 1 is 2.00 bits per heavy atom. The van der Waals surface area contributed by atoms with Gasteiger partial charge in [0.1, 0.15) is 0 Å². The zero-order chi connectivity index (χ0) is 4.99. The first-order valence-corrected chi connectivity index (χ1v) is 3.06. The topological polar surface area (TPSA) is 55.2 Å². The molecule has 1 N–H and O–H groups in total. The van der Waals surface area contributed by atoms with Gasteiger partial charge in [-0.3, -0.25) is 0 Å². The summed E-state index contributed by atoms with van der Waals surface area (Å²) in [6.45, 7) is 0. The summed E-state index contributed by atoms with van der Waals surface area (Å²) >= 11 is 0.834. The van der Waals surface area contributed by atoms with E-state index >= 15 is 0 Å². The van der Waals surface area contributed by atoms with Crippen LogP contribution >= 0.6 is 0 Å². The fourth-order valence-electron chi connectivity index (χ4n) is 0.129. The van der Waals surface area contributed by atoms with Crippen molar-refractivity contribution in [2.75, 3.05) is 3.79 Å². The third-order valence-electron chi connectivity index (χ3n) is 0.287. The van der Waals surface area contributed by atoms with Crippen molar-refractivity contribution in [1.29, 1.82) is 0 Å². The van der Waals surface area contributed by atoms with Crippen LogP contribution in [-0.4, -0.2) is 36.8 Å². The average molecular weight is 98.0 g/mol. The Bertz CT molecular complexity index is 55.5. The molecule has 0 amide bonds. The van der Waals surface area contributed by atoms with Crippen LogP contribution in [0.4, 0.5) is 0 Å². The molecule has 0 aromatic heterocycles. The second kappa shape index (κ2) is 3.39. The number of nitrogens with zero attached hydrogens (tertiary/aromatic N) is 1. The fourth-order valence-corrected chi connectivity index (χ4v) is 0.387. The van der Waals surface area contributed by atoms with Crippen LogP contribution in [0.1, 0.15) is 0 Å². The van der Waals surface area contributed by atoms with Crippen LogP contribution in [0.2, 0.25) is 0 Å². The normalized spacial score (nSPS) is 7.67. The molecular formula is CH3N2NaO2. The van der Waals surface area contributed by atoms with Crippen molar-refractivity contribution in [1.82, 2.24) is 5.43 Å². The molecule has 30 valence electrons. The zero-order valence-electron chi connectivity index (χ0n) is 3.47. The third-order valence-corrected chi connectivity index (χ3v) is 0.603. The Balaban J connectivity index is 2.83. The van der Waals surface area contributed by atoms with Gasteiger partial charge in [-0.15, -0.1) is 0 Å². The van der Waals surface area contributed by atoms with Gasteiger partial charge in [0, 0.05) is 0 Å². The number of nitrogens with one attached hydrogen (secondary N) is 1. The van der Waals surface area contributed by atoms with Crippen LogP contribution in [0.3, 0.4) is 0 Å². The predicted molar refractivity (Wildman–Crippen MR) is 20.8 cm³/mol. The van der Waals surface area contributed by atoms with Crippen molar-refractivity contribution < 1.29 is 5.03 Å². The molecule has 4 nitrogen and oxygen atoms in total. The molecule has 0 fully saturated rings. The van der Waals surface area contributed by atoms with Crippen LogP contribution < -0.4 is 5.43 Å². The molecule has 0 aliphatic rings. The molecule has 0 bridgehead atoms. The van der Waals surface area contributed by atoms with Gasteiger partial charge in [0.05, 0.1) is 0 Å². The molecule has 0 aromatic carbocycles. The monoisotopic (exact) mass is 98.0 g/mol. The summed E-state index contributed by atoms with van der Waals surface area (Å²) in [4.78, 5) is 9.32. The van der Waals surface area contributed by atoms with Crippen molar-refractivity contribution in [3.8, 4) is 0 Å². The van der Waals surface area contributed by atoms with Crippen molar-refractivity contribution in [2.45, 2.75) is 0 Å². The van der Waals surface area contributed by atoms with E-state index in [1.54, 1.807) is 0 Å². The molecule has 0 aromatic rings. The summed E-state index contributed by atoms with van der Waals surface area (Å²) in [7, 11) is 0. The summed E-state index contributed by atoms with van der Waals surface area (Å²) in [6.07, 6.45) is 0. The number of hydrogen-bond donors (Lipinski definition) is 1. The van der Waals surface area contributed by atoms with E-state index in [9.17, 15) is 10.1 Å². The number of rotatable bonds is 2. The van der Waals surface area contributed by atoms with E-state index in [4.69, 9.17) is 0 Å². The molecule has 0 atom stereocenters. The summed E-state index contributed by atoms with van der Waals surface area (Å²) < 4.78 is 0.521. The molecule has 0 radical (unpaired) electrons. The van der Waals surface area contributed by atoms with Gasteiger partial charge < -0.3 is 0 Å². The van der Waals surface area contributed by atoms with Crippen LogP contribution in [0.25, 0.3) is 0 Å². The molecule has 0 aliphatic heterocycles. The molecule has 5 heteroatoms. The van der Waals surface area contributed by atoms with Gasteiger partial charge in [0.25, 0.3) is 0 Å². The Labute approximate surface area is 52.4 Å². The number of hydrogen-bond acceptors (Lipinski definition) is 2. The first-order chi connectivity index (χ1) is 2.77. The third kappa shape index (κ3) is 4.20. The van der Waals surface area contributed by atoms with Gasteiger partial charge in [-0.2, -0.15) is 0 Å². The van der Waals surface area contributed by atoms with E-state index in [0.29, 0.717) is 3.79 Å². The second-order valence-electron chi connectivity index (χ2n) is 0.769. The number of nitro groups is 1. The van der Waals surface area contributed by atoms with Gasteiger partial charge in [-0.25, -0.2) is 0 Å². The van der Waals surface area contributed by atoms with Crippen LogP contribution in [-0.2, 0) is 0 Å². The van der Waals surface area contributed by atoms with Gasteiger partial charge in [-0.05, 0) is 0 Å². The zero-order valence-corrected chi connectivity index (χ0v) is 5.47. The molecule has 0 saturated carbocycles. The molecule has 0 aliphatic carbocycles. The summed E-state index contributed by atoms with van der Waals surface area (Å²) in [6, 6.07) is 0. The van der Waals surface area contributed by atoms with Gasteiger partial charge in [0.15, 0.2) is 0 Å². The Hall–Kier alpha value is 0.200. The van der Waals surface area contributed by atoms with Gasteiger partial charge in [0.2, 0.25) is 0 Å². The van der Waals surface area contributed by atoms with E-state index in [0.717, 1.165) is 27.9 Å². The molecule has 0 saturated heterocycles. The van der Waals surface area contributed by atoms with Crippen LogP contribution in [0, 0.1) is 10.1 Å². The molecule has 6 heavy (non-hydrogen) atoms. The minimum atomic E-state index is -0.535. The van der Waals surface area contributed by atoms with Crippen molar-refractivity contribution in [3.63, 3.8) is 0 Å². The molecule has 0 rings (SSSR count). The summed E-state index contributed by atoms with van der Waals surface area (Å²) in [5.41, 5.74) is 1.99. The van der Waals surface area contributed by atoms with E-state index in [2.05, 4.69) is 0 Å². The summed E-state index contributed by atoms with van der Waals surface area (Å²) in [5.74, 6) is 0. The molecular weight excluding hydrogens is 95.0 g/mol. The van der Waals surface area contributed by atoms with Crippen LogP contribution in [0.15, 0.2) is 0 Å². The fraction of sp³-hybridized carbons (Fsp3) is 1.00. The van der Waals surface area contributed by atoms with E-state index < -0.39 is 5.03 Å². The maximum absolute atomic E-state index is 9.32. The van der Waals surface area contributed by atoms with E-state index in [-0.39, 0.29) is 0 Å². The second-order valence-corrected chi connectivity index (χ2v) is 1.48. The van der Waals surface area contributed by atoms with Crippen molar-refractivity contribution >= 4 is 27.9 Å². The van der Waals surface area contributed by atoms with Gasteiger partial charge in [-0.1, -0.05) is 0 Å². The van der Waals surface area contributed by atoms with E-state index in [1.807, 2.05) is 5.43 Å². The first-order valence-electron chi connectivity index (χ1n) is 1.65. The molecule has 0 heterocycles. The average Bonchev–Trinajstić information content (AvgIpc) is 1.35.